The van der Waals surface area contributed by atoms with Gasteiger partial charge in [0.2, 0.25) is 0 Å². The Kier molecular flexibility index (Phi) is 5.90. The molecule has 0 unspecified atom stereocenters. The molecule has 0 fully saturated rings. The van der Waals surface area contributed by atoms with Crippen LogP contribution in [0.1, 0.15) is 45.7 Å². The summed E-state index contributed by atoms with van der Waals surface area (Å²) in [5, 5.41) is 0. The summed E-state index contributed by atoms with van der Waals surface area (Å²) in [6.45, 7) is 9.99. The van der Waals surface area contributed by atoms with Crippen LogP contribution in [-0.4, -0.2) is 18.9 Å². The summed E-state index contributed by atoms with van der Waals surface area (Å²) in [5.41, 5.74) is 2.80. The maximum Gasteiger partial charge on any atom is 0.197 e. The van der Waals surface area contributed by atoms with Gasteiger partial charge in [0.15, 0.2) is 14.1 Å². The molecule has 0 amide bonds. The first-order valence-electron chi connectivity index (χ1n) is 7.26. The lowest BCUT2D eigenvalue weighted by Gasteiger charge is -2.33. The fourth-order valence-corrected chi connectivity index (χ4v) is 5.53. The molecule has 0 saturated heterocycles. The minimum atomic E-state index is -2.35. The molecular formula is C17H26O2Si. The van der Waals surface area contributed by atoms with Gasteiger partial charge in [0.25, 0.3) is 0 Å². The fraction of sp³-hybridized carbons (Fsp3) is 0.471. The van der Waals surface area contributed by atoms with Gasteiger partial charge < -0.3 is 4.80 Å². The van der Waals surface area contributed by atoms with Crippen molar-refractivity contribution in [2.75, 3.05) is 0 Å². The number of benzene rings is 1. The summed E-state index contributed by atoms with van der Waals surface area (Å²) < 4.78 is 0. The molecule has 2 nitrogen and oxygen atoms in total. The number of carbonyl (C=O) groups excluding carboxylic acids is 1. The number of hydrogen-bond acceptors (Lipinski definition) is 2. The van der Waals surface area contributed by atoms with E-state index in [-0.39, 0.29) is 5.78 Å². The molecule has 0 bridgehead atoms. The van der Waals surface area contributed by atoms with Gasteiger partial charge in [0.05, 0.1) is 0 Å². The first kappa shape index (κ1) is 16.9. The zero-order chi connectivity index (χ0) is 15.3. The van der Waals surface area contributed by atoms with Crippen LogP contribution in [0.2, 0.25) is 11.1 Å². The van der Waals surface area contributed by atoms with Crippen molar-refractivity contribution in [3.05, 3.63) is 41.5 Å². The zero-order valence-corrected chi connectivity index (χ0v) is 14.2. The highest BCUT2D eigenvalue weighted by atomic mass is 28.4. The third-order valence-corrected chi connectivity index (χ3v) is 8.97. The first-order valence-corrected chi connectivity index (χ1v) is 9.57. The topological polar surface area (TPSA) is 37.3 Å². The molecule has 20 heavy (non-hydrogen) atoms. The molecule has 0 spiro atoms. The summed E-state index contributed by atoms with van der Waals surface area (Å²) in [5.74, 6) is 0.0417. The second kappa shape index (κ2) is 7.00. The highest BCUT2D eigenvalue weighted by molar-refractivity contribution is 6.74. The smallest absolute Gasteiger partial charge is 0.197 e. The molecule has 0 heterocycles. The molecule has 0 aliphatic carbocycles. The van der Waals surface area contributed by atoms with Crippen molar-refractivity contribution in [3.63, 3.8) is 0 Å². The normalized spacial score (nSPS) is 12.6. The van der Waals surface area contributed by atoms with E-state index in [9.17, 15) is 9.59 Å². The predicted molar refractivity (Wildman–Crippen MR) is 88.0 cm³/mol. The number of hydrogen-bond donors (Lipinski definition) is 1. The van der Waals surface area contributed by atoms with Gasteiger partial charge in [-0.15, -0.1) is 0 Å². The van der Waals surface area contributed by atoms with Crippen LogP contribution in [0, 0.1) is 0 Å². The summed E-state index contributed by atoms with van der Waals surface area (Å²) in [6, 6.07) is 8.76. The van der Waals surface area contributed by atoms with E-state index in [0.29, 0.717) is 11.1 Å². The Bertz CT molecular complexity index is 482. The lowest BCUT2D eigenvalue weighted by Crippen LogP contribution is -2.44. The van der Waals surface area contributed by atoms with Gasteiger partial charge in [-0.25, -0.2) is 0 Å². The van der Waals surface area contributed by atoms with Crippen LogP contribution < -0.4 is 0 Å². The Morgan fingerprint density at radius 2 is 1.75 bits per heavy atom. The van der Waals surface area contributed by atoms with E-state index in [1.807, 2.05) is 24.3 Å². The van der Waals surface area contributed by atoms with Crippen LogP contribution >= 0.6 is 0 Å². The van der Waals surface area contributed by atoms with Gasteiger partial charge in [-0.2, -0.15) is 0 Å². The van der Waals surface area contributed by atoms with Gasteiger partial charge in [-0.05, 0) is 41.3 Å². The third kappa shape index (κ3) is 4.15. The lowest BCUT2D eigenvalue weighted by atomic mass is 10.1. The molecule has 0 aliphatic heterocycles. The Balaban J connectivity index is 3.11. The molecular weight excluding hydrogens is 264 g/mol. The third-order valence-electron chi connectivity index (χ3n) is 4.03. The largest absolute Gasteiger partial charge is 0.431 e. The second-order valence-corrected chi connectivity index (χ2v) is 10.8. The fourth-order valence-electron chi connectivity index (χ4n) is 2.44. The Labute approximate surface area is 123 Å². The summed E-state index contributed by atoms with van der Waals surface area (Å²) >= 11 is 0. The summed E-state index contributed by atoms with van der Waals surface area (Å²) in [7, 11) is -2.35. The van der Waals surface area contributed by atoms with Gasteiger partial charge in [0.1, 0.15) is 0 Å². The average Bonchev–Trinajstić information content (AvgIpc) is 2.37. The minimum absolute atomic E-state index is 0.0417. The van der Waals surface area contributed by atoms with E-state index in [1.54, 1.807) is 13.0 Å². The molecule has 1 aromatic rings. The maximum absolute atomic E-state index is 11.1. The molecule has 110 valence electrons. The molecule has 1 N–H and O–H groups in total. The number of allylic oxidation sites excluding steroid dienone is 1. The summed E-state index contributed by atoms with van der Waals surface area (Å²) in [4.78, 5) is 22.2. The molecule has 3 heteroatoms. The van der Waals surface area contributed by atoms with Crippen LogP contribution in [0.3, 0.4) is 0 Å². The van der Waals surface area contributed by atoms with Gasteiger partial charge in [-0.1, -0.05) is 58.0 Å². The number of ketones is 1. The molecule has 1 aromatic carbocycles. The maximum atomic E-state index is 11.1. The number of rotatable bonds is 6. The molecule has 0 saturated carbocycles. The van der Waals surface area contributed by atoms with Crippen LogP contribution in [0.15, 0.2) is 30.3 Å². The van der Waals surface area contributed by atoms with Crippen molar-refractivity contribution in [2.45, 2.75) is 51.7 Å². The Hall–Kier alpha value is -1.19. The standard InChI is InChI=1S/C17H26O2Si/c1-13(2)20(19,14(3)4)12-17-9-7-6-8-16(17)11-10-15(5)18/h6-11,13-14,19H,12H2,1-5H3/b11-10+. The molecule has 0 radical (unpaired) electrons. The Morgan fingerprint density at radius 3 is 2.25 bits per heavy atom. The first-order chi connectivity index (χ1) is 9.27. The van der Waals surface area contributed by atoms with E-state index in [1.165, 1.54) is 0 Å². The van der Waals surface area contributed by atoms with Crippen LogP contribution in [0.5, 0.6) is 0 Å². The van der Waals surface area contributed by atoms with Crippen molar-refractivity contribution < 1.29 is 9.59 Å². The predicted octanol–water partition coefficient (Wildman–Crippen LogP) is 4.13. The van der Waals surface area contributed by atoms with E-state index in [4.69, 9.17) is 0 Å². The molecule has 1 rings (SSSR count). The Morgan fingerprint density at radius 1 is 1.20 bits per heavy atom. The second-order valence-electron chi connectivity index (χ2n) is 6.12. The summed E-state index contributed by atoms with van der Waals surface area (Å²) in [6.07, 6.45) is 3.44. The highest BCUT2D eigenvalue weighted by Crippen LogP contribution is 2.33. The van der Waals surface area contributed by atoms with Crippen LogP contribution in [0.25, 0.3) is 6.08 Å². The minimum Gasteiger partial charge on any atom is -0.431 e. The van der Waals surface area contributed by atoms with Crippen LogP contribution in [-0.2, 0) is 10.8 Å². The molecule has 0 aliphatic rings. The van der Waals surface area contributed by atoms with E-state index >= 15 is 0 Å². The zero-order valence-electron chi connectivity index (χ0n) is 13.2. The number of carbonyl (C=O) groups is 1. The van der Waals surface area contributed by atoms with Gasteiger partial charge in [0, 0.05) is 0 Å². The average molecular weight is 290 g/mol. The van der Waals surface area contributed by atoms with E-state index < -0.39 is 8.32 Å². The van der Waals surface area contributed by atoms with Crippen molar-refractivity contribution in [3.8, 4) is 0 Å². The van der Waals surface area contributed by atoms with E-state index in [0.717, 1.165) is 17.2 Å². The SMILES string of the molecule is CC(=O)/C=C/c1ccccc1C[Si](O)(C(C)C)C(C)C. The van der Waals surface area contributed by atoms with Crippen molar-refractivity contribution in [1.82, 2.24) is 0 Å². The van der Waals surface area contributed by atoms with Gasteiger partial charge >= 0.3 is 0 Å². The van der Waals surface area contributed by atoms with Crippen molar-refractivity contribution >= 4 is 20.2 Å². The lowest BCUT2D eigenvalue weighted by molar-refractivity contribution is -0.112. The molecule has 0 atom stereocenters. The van der Waals surface area contributed by atoms with Gasteiger partial charge in [-0.3, -0.25) is 4.79 Å². The van der Waals surface area contributed by atoms with Crippen molar-refractivity contribution in [1.29, 1.82) is 0 Å². The highest BCUT2D eigenvalue weighted by Gasteiger charge is 2.38. The monoisotopic (exact) mass is 290 g/mol. The van der Waals surface area contributed by atoms with E-state index in [2.05, 4.69) is 33.8 Å². The quantitative estimate of drug-likeness (QED) is 0.632. The van der Waals surface area contributed by atoms with Crippen LogP contribution in [0.4, 0.5) is 0 Å². The molecule has 0 aromatic heterocycles. The van der Waals surface area contributed by atoms with Crippen molar-refractivity contribution in [2.24, 2.45) is 0 Å².